The Balaban J connectivity index is 1.30. The summed E-state index contributed by atoms with van der Waals surface area (Å²) < 4.78 is 6.06. The Morgan fingerprint density at radius 2 is 1.69 bits per heavy atom. The summed E-state index contributed by atoms with van der Waals surface area (Å²) in [5.41, 5.74) is 5.36. The number of ether oxygens (including phenoxy) is 1. The zero-order valence-corrected chi connectivity index (χ0v) is 18.0. The lowest BCUT2D eigenvalue weighted by molar-refractivity contribution is -0.142. The molecule has 1 saturated carbocycles. The van der Waals surface area contributed by atoms with E-state index in [4.69, 9.17) is 4.74 Å². The molecular formula is C28H28O4. The topological polar surface area (TPSA) is 66.8 Å². The molecule has 2 N–H and O–H groups in total. The van der Waals surface area contributed by atoms with Gasteiger partial charge in [0.2, 0.25) is 0 Å². The van der Waals surface area contributed by atoms with Crippen LogP contribution in [0.3, 0.4) is 0 Å². The van der Waals surface area contributed by atoms with Crippen molar-refractivity contribution >= 4 is 5.97 Å². The summed E-state index contributed by atoms with van der Waals surface area (Å²) in [5, 5.41) is 20.5. The van der Waals surface area contributed by atoms with E-state index in [0.29, 0.717) is 12.4 Å². The van der Waals surface area contributed by atoms with Gasteiger partial charge in [-0.1, -0.05) is 73.2 Å². The molecule has 4 atom stereocenters. The second-order valence-electron chi connectivity index (χ2n) is 9.06. The van der Waals surface area contributed by atoms with Crippen molar-refractivity contribution < 1.29 is 19.7 Å². The van der Waals surface area contributed by atoms with Crippen LogP contribution in [-0.2, 0) is 11.2 Å². The molecule has 5 rings (SSSR count). The molecular weight excluding hydrogens is 400 g/mol. The molecule has 1 aliphatic heterocycles. The molecule has 2 aliphatic rings. The molecule has 3 aromatic carbocycles. The number of rotatable bonds is 5. The third-order valence-corrected chi connectivity index (χ3v) is 7.08. The van der Waals surface area contributed by atoms with Gasteiger partial charge in [0, 0.05) is 11.5 Å². The van der Waals surface area contributed by atoms with E-state index >= 15 is 0 Å². The number of hydrogen-bond donors (Lipinski definition) is 2. The number of aliphatic hydroxyl groups is 1. The fourth-order valence-corrected chi connectivity index (χ4v) is 5.28. The standard InChI is InChI=1S/C28H28O4/c29-27-22(15-18-9-11-20(12-10-18)19-5-2-1-3-6-19)17-32-26-16-21(13-14-25(26)27)23-7-4-8-24(23)28(30)31/h1-3,5-6,9-14,16,22-24,27,29H,4,7-8,15,17H2,(H,30,31). The minimum Gasteiger partial charge on any atom is -0.493 e. The van der Waals surface area contributed by atoms with Crippen molar-refractivity contribution in [1.29, 1.82) is 0 Å². The minimum atomic E-state index is -0.718. The van der Waals surface area contributed by atoms with Crippen LogP contribution in [0.2, 0.25) is 0 Å². The molecule has 0 bridgehead atoms. The summed E-state index contributed by atoms with van der Waals surface area (Å²) in [6.45, 7) is 0.449. The molecule has 0 radical (unpaired) electrons. The molecule has 4 heteroatoms. The van der Waals surface area contributed by atoms with Gasteiger partial charge < -0.3 is 14.9 Å². The molecule has 1 aliphatic carbocycles. The molecule has 1 heterocycles. The SMILES string of the molecule is O=C(O)C1CCCC1c1ccc2c(c1)OCC(Cc1ccc(-c3ccccc3)cc1)C2O. The normalized spacial score (nSPS) is 24.5. The number of fused-ring (bicyclic) bond motifs is 1. The van der Waals surface area contributed by atoms with Gasteiger partial charge in [0.1, 0.15) is 5.75 Å². The maximum atomic E-state index is 11.6. The van der Waals surface area contributed by atoms with Gasteiger partial charge in [-0.2, -0.15) is 0 Å². The van der Waals surface area contributed by atoms with E-state index in [1.807, 2.05) is 36.4 Å². The van der Waals surface area contributed by atoms with Gasteiger partial charge in [0.15, 0.2) is 0 Å². The van der Waals surface area contributed by atoms with Crippen molar-refractivity contribution in [2.24, 2.45) is 11.8 Å². The van der Waals surface area contributed by atoms with E-state index in [9.17, 15) is 15.0 Å². The zero-order chi connectivity index (χ0) is 22.1. The molecule has 4 unspecified atom stereocenters. The molecule has 4 nitrogen and oxygen atoms in total. The first-order valence-corrected chi connectivity index (χ1v) is 11.4. The van der Waals surface area contributed by atoms with Crippen LogP contribution in [0.15, 0.2) is 72.8 Å². The van der Waals surface area contributed by atoms with Crippen molar-refractivity contribution in [3.05, 3.63) is 89.5 Å². The van der Waals surface area contributed by atoms with Crippen LogP contribution in [-0.4, -0.2) is 22.8 Å². The first-order valence-electron chi connectivity index (χ1n) is 11.4. The maximum absolute atomic E-state index is 11.6. The summed E-state index contributed by atoms with van der Waals surface area (Å²) in [6, 6.07) is 24.7. The third-order valence-electron chi connectivity index (χ3n) is 7.08. The Hall–Kier alpha value is -3.11. The summed E-state index contributed by atoms with van der Waals surface area (Å²) in [5.74, 6) is -0.340. The smallest absolute Gasteiger partial charge is 0.307 e. The van der Waals surface area contributed by atoms with Gasteiger partial charge in [0.25, 0.3) is 0 Å². The van der Waals surface area contributed by atoms with E-state index in [0.717, 1.165) is 36.8 Å². The van der Waals surface area contributed by atoms with Crippen molar-refractivity contribution in [2.45, 2.75) is 37.7 Å². The molecule has 3 aromatic rings. The van der Waals surface area contributed by atoms with Gasteiger partial charge >= 0.3 is 5.97 Å². The van der Waals surface area contributed by atoms with E-state index in [-0.39, 0.29) is 17.8 Å². The van der Waals surface area contributed by atoms with E-state index < -0.39 is 12.1 Å². The largest absolute Gasteiger partial charge is 0.493 e. The van der Waals surface area contributed by atoms with Gasteiger partial charge in [0.05, 0.1) is 18.6 Å². The second-order valence-corrected chi connectivity index (χ2v) is 9.06. The lowest BCUT2D eigenvalue weighted by Gasteiger charge is -2.31. The maximum Gasteiger partial charge on any atom is 0.307 e. The van der Waals surface area contributed by atoms with E-state index in [1.165, 1.54) is 16.7 Å². The van der Waals surface area contributed by atoms with Gasteiger partial charge in [-0.3, -0.25) is 4.79 Å². The van der Waals surface area contributed by atoms with Crippen LogP contribution in [0, 0.1) is 11.8 Å². The van der Waals surface area contributed by atoms with Crippen molar-refractivity contribution in [3.63, 3.8) is 0 Å². The number of benzene rings is 3. The lowest BCUT2D eigenvalue weighted by atomic mass is 9.84. The average Bonchev–Trinajstić information content (AvgIpc) is 3.32. The molecule has 1 fully saturated rings. The fraction of sp³-hybridized carbons (Fsp3) is 0.321. The van der Waals surface area contributed by atoms with Crippen molar-refractivity contribution in [1.82, 2.24) is 0 Å². The van der Waals surface area contributed by atoms with Crippen molar-refractivity contribution in [2.75, 3.05) is 6.61 Å². The quantitative estimate of drug-likeness (QED) is 0.555. The number of carboxylic acids is 1. The van der Waals surface area contributed by atoms with E-state index in [1.54, 1.807) is 0 Å². The summed E-state index contributed by atoms with van der Waals surface area (Å²) in [6.07, 6.45) is 2.69. The Kier molecular flexibility index (Phi) is 5.71. The summed E-state index contributed by atoms with van der Waals surface area (Å²) in [4.78, 5) is 11.6. The third kappa shape index (κ3) is 4.03. The van der Waals surface area contributed by atoms with Crippen molar-refractivity contribution in [3.8, 4) is 16.9 Å². The first kappa shape index (κ1) is 20.8. The monoisotopic (exact) mass is 428 g/mol. The Bertz CT molecular complexity index is 1090. The van der Waals surface area contributed by atoms with Gasteiger partial charge in [-0.15, -0.1) is 0 Å². The van der Waals surface area contributed by atoms with Crippen LogP contribution < -0.4 is 4.74 Å². The molecule has 0 spiro atoms. The molecule has 0 amide bonds. The van der Waals surface area contributed by atoms with E-state index in [2.05, 4.69) is 36.4 Å². The Morgan fingerprint density at radius 1 is 0.938 bits per heavy atom. The molecule has 0 aromatic heterocycles. The lowest BCUT2D eigenvalue weighted by Crippen LogP contribution is -2.28. The van der Waals surface area contributed by atoms with Gasteiger partial charge in [-0.05, 0) is 53.5 Å². The summed E-state index contributed by atoms with van der Waals surface area (Å²) in [7, 11) is 0. The highest BCUT2D eigenvalue weighted by Crippen LogP contribution is 2.44. The Labute approximate surface area is 188 Å². The zero-order valence-electron chi connectivity index (χ0n) is 18.0. The Morgan fingerprint density at radius 3 is 2.44 bits per heavy atom. The predicted octanol–water partition coefficient (Wildman–Crippen LogP) is 5.61. The average molecular weight is 429 g/mol. The van der Waals surface area contributed by atoms with Crippen LogP contribution in [0.5, 0.6) is 5.75 Å². The fourth-order valence-electron chi connectivity index (χ4n) is 5.28. The number of aliphatic carboxylic acids is 1. The number of carbonyl (C=O) groups is 1. The highest BCUT2D eigenvalue weighted by atomic mass is 16.5. The molecule has 32 heavy (non-hydrogen) atoms. The molecule has 164 valence electrons. The van der Waals surface area contributed by atoms with Crippen LogP contribution in [0.25, 0.3) is 11.1 Å². The number of aliphatic hydroxyl groups excluding tert-OH is 1. The first-order chi connectivity index (χ1) is 15.6. The highest BCUT2D eigenvalue weighted by molar-refractivity contribution is 5.72. The second kappa shape index (κ2) is 8.79. The predicted molar refractivity (Wildman–Crippen MR) is 124 cm³/mol. The van der Waals surface area contributed by atoms with Crippen LogP contribution in [0.1, 0.15) is 48.0 Å². The van der Waals surface area contributed by atoms with Crippen LogP contribution >= 0.6 is 0 Å². The minimum absolute atomic E-state index is 0.0193. The van der Waals surface area contributed by atoms with Crippen LogP contribution in [0.4, 0.5) is 0 Å². The highest BCUT2D eigenvalue weighted by Gasteiger charge is 2.35. The summed E-state index contributed by atoms with van der Waals surface area (Å²) >= 11 is 0. The number of carboxylic acid groups (broad SMARTS) is 1. The van der Waals surface area contributed by atoms with Gasteiger partial charge in [-0.25, -0.2) is 0 Å². The molecule has 0 saturated heterocycles. The number of hydrogen-bond acceptors (Lipinski definition) is 3.